The smallest absolute Gasteiger partial charge is 0.240 e. The first kappa shape index (κ1) is 34.8. The molecule has 0 aliphatic rings. The number of unbranched alkanes of at least 4 members (excludes halogenated alkanes) is 3. The molecule has 8 nitrogen and oxygen atoms in total. The van der Waals surface area contributed by atoms with E-state index in [4.69, 9.17) is 9.15 Å². The van der Waals surface area contributed by atoms with Crippen LogP contribution in [0.3, 0.4) is 0 Å². The van der Waals surface area contributed by atoms with Gasteiger partial charge in [0.05, 0.1) is 17.1 Å². The molecule has 3 rings (SSSR count). The molecule has 2 aromatic carbocycles. The number of hydrogen-bond donors (Lipinski definition) is 1. The zero-order valence-electron chi connectivity index (χ0n) is 26.8. The van der Waals surface area contributed by atoms with Gasteiger partial charge in [-0.25, -0.2) is 13.1 Å². The molecule has 0 spiro atoms. The van der Waals surface area contributed by atoms with Gasteiger partial charge in [-0.05, 0) is 95.3 Å². The summed E-state index contributed by atoms with van der Waals surface area (Å²) in [5.41, 5.74) is 1.45. The normalized spacial score (nSPS) is 12.1. The van der Waals surface area contributed by atoms with Gasteiger partial charge < -0.3 is 19.0 Å². The van der Waals surface area contributed by atoms with Gasteiger partial charge in [-0.15, -0.1) is 0 Å². The van der Waals surface area contributed by atoms with Gasteiger partial charge in [-0.1, -0.05) is 40.0 Å². The molecule has 0 aliphatic carbocycles. The average molecular weight is 614 g/mol. The van der Waals surface area contributed by atoms with Crippen LogP contribution in [-0.4, -0.2) is 77.4 Å². The minimum absolute atomic E-state index is 0.113. The molecular formula is C34H51N3O5S. The number of nitrogens with zero attached hydrogens (tertiary/aromatic N) is 2. The quantitative estimate of drug-likeness (QED) is 0.108. The molecule has 0 amide bonds. The van der Waals surface area contributed by atoms with Crippen molar-refractivity contribution in [1.82, 2.24) is 14.5 Å². The van der Waals surface area contributed by atoms with E-state index in [-0.39, 0.29) is 17.2 Å². The predicted octanol–water partition coefficient (Wildman–Crippen LogP) is 6.52. The van der Waals surface area contributed by atoms with Crippen LogP contribution in [0.2, 0.25) is 0 Å². The molecule has 0 fully saturated rings. The van der Waals surface area contributed by atoms with Crippen LogP contribution < -0.4 is 9.46 Å². The molecule has 0 unspecified atom stereocenters. The summed E-state index contributed by atoms with van der Waals surface area (Å²) in [6, 6.07) is 11.9. The number of rotatable bonds is 21. The number of furan rings is 1. The molecule has 0 aliphatic heterocycles. The van der Waals surface area contributed by atoms with E-state index < -0.39 is 10.0 Å². The van der Waals surface area contributed by atoms with E-state index in [9.17, 15) is 13.2 Å². The molecule has 0 saturated heterocycles. The second-order valence-corrected chi connectivity index (χ2v) is 13.2. The van der Waals surface area contributed by atoms with E-state index in [0.717, 1.165) is 44.6 Å². The van der Waals surface area contributed by atoms with Crippen LogP contribution in [0, 0.1) is 0 Å². The summed E-state index contributed by atoms with van der Waals surface area (Å²) < 4.78 is 40.8. The van der Waals surface area contributed by atoms with E-state index >= 15 is 0 Å². The second-order valence-electron chi connectivity index (χ2n) is 11.5. The topological polar surface area (TPSA) is 92.1 Å². The molecule has 1 heterocycles. The Bertz CT molecular complexity index is 1380. The van der Waals surface area contributed by atoms with Gasteiger partial charge in [0.25, 0.3) is 0 Å². The third-order valence-electron chi connectivity index (χ3n) is 7.54. The van der Waals surface area contributed by atoms with Crippen molar-refractivity contribution in [2.24, 2.45) is 0 Å². The first-order valence-corrected chi connectivity index (χ1v) is 17.4. The number of carbonyl (C=O) groups excluding carboxylic acids is 1. The van der Waals surface area contributed by atoms with Crippen LogP contribution in [0.4, 0.5) is 0 Å². The number of likely N-dealkylation sites (N-methyl/N-ethyl adjacent to an activating group) is 1. The SMILES string of the molecule is CCCCc1oc2ccc(S(=O)(=O)NCCN(C)C)cc2c1C(=O)c1ccc(OCCCN(CCCC)CCCC)cc1. The van der Waals surface area contributed by atoms with Gasteiger partial charge in [0, 0.05) is 37.0 Å². The van der Waals surface area contributed by atoms with E-state index in [0.29, 0.717) is 47.4 Å². The molecule has 0 radical (unpaired) electrons. The number of ketones is 1. The minimum Gasteiger partial charge on any atom is -0.494 e. The van der Waals surface area contributed by atoms with Crippen molar-refractivity contribution in [1.29, 1.82) is 0 Å². The highest BCUT2D eigenvalue weighted by molar-refractivity contribution is 7.89. The zero-order valence-corrected chi connectivity index (χ0v) is 27.6. The number of nitrogens with one attached hydrogen (secondary N) is 1. The van der Waals surface area contributed by atoms with E-state index in [1.54, 1.807) is 24.3 Å². The first-order valence-electron chi connectivity index (χ1n) is 15.9. The third-order valence-corrected chi connectivity index (χ3v) is 9.00. The lowest BCUT2D eigenvalue weighted by molar-refractivity contribution is 0.103. The Morgan fingerprint density at radius 1 is 0.860 bits per heavy atom. The number of hydrogen-bond acceptors (Lipinski definition) is 7. The van der Waals surface area contributed by atoms with Crippen LogP contribution in [0.5, 0.6) is 5.75 Å². The highest BCUT2D eigenvalue weighted by Gasteiger charge is 2.24. The second kappa shape index (κ2) is 17.5. The Labute approximate surface area is 258 Å². The monoisotopic (exact) mass is 613 g/mol. The Hall–Kier alpha value is -2.72. The van der Waals surface area contributed by atoms with Gasteiger partial charge >= 0.3 is 0 Å². The van der Waals surface area contributed by atoms with E-state index in [2.05, 4.69) is 30.4 Å². The molecular weight excluding hydrogens is 562 g/mol. The molecule has 3 aromatic rings. The number of sulfonamides is 1. The molecule has 238 valence electrons. The zero-order chi connectivity index (χ0) is 31.2. The molecule has 43 heavy (non-hydrogen) atoms. The standard InChI is InChI=1S/C34H51N3O5S/c1-6-9-13-32-33(30-26-29(18-19-31(30)42-32)43(39,40)35-20-24-36(4)5)34(38)27-14-16-28(17-15-27)41-25-12-23-37(21-10-7-2)22-11-8-3/h14-19,26,35H,6-13,20-25H2,1-5H3. The van der Waals surface area contributed by atoms with Crippen LogP contribution in [0.25, 0.3) is 11.0 Å². The highest BCUT2D eigenvalue weighted by atomic mass is 32.2. The summed E-state index contributed by atoms with van der Waals surface area (Å²) in [4.78, 5) is 18.4. The Morgan fingerprint density at radius 2 is 1.51 bits per heavy atom. The summed E-state index contributed by atoms with van der Waals surface area (Å²) in [7, 11) is 0.0299. The molecule has 0 atom stereocenters. The van der Waals surface area contributed by atoms with Gasteiger partial charge in [0.1, 0.15) is 17.1 Å². The van der Waals surface area contributed by atoms with Gasteiger partial charge in [-0.2, -0.15) is 0 Å². The fourth-order valence-corrected chi connectivity index (χ4v) is 6.01. The van der Waals surface area contributed by atoms with Crippen molar-refractivity contribution in [3.8, 4) is 5.75 Å². The summed E-state index contributed by atoms with van der Waals surface area (Å²) in [6.07, 6.45) is 8.20. The molecule has 0 bridgehead atoms. The predicted molar refractivity (Wildman–Crippen MR) is 175 cm³/mol. The number of carbonyl (C=O) groups is 1. The summed E-state index contributed by atoms with van der Waals surface area (Å²) in [5, 5.41) is 0.516. The number of benzene rings is 2. The van der Waals surface area contributed by atoms with Crippen LogP contribution in [0.15, 0.2) is 51.8 Å². The fourth-order valence-electron chi connectivity index (χ4n) is 4.97. The molecule has 0 saturated carbocycles. The van der Waals surface area contributed by atoms with Crippen LogP contribution in [0.1, 0.15) is 87.4 Å². The third kappa shape index (κ3) is 10.4. The van der Waals surface area contributed by atoms with E-state index in [1.807, 2.05) is 31.1 Å². The van der Waals surface area contributed by atoms with Crippen molar-refractivity contribution >= 4 is 26.8 Å². The maximum absolute atomic E-state index is 13.9. The Morgan fingerprint density at radius 3 is 2.14 bits per heavy atom. The minimum atomic E-state index is -3.74. The number of fused-ring (bicyclic) bond motifs is 1. The van der Waals surface area contributed by atoms with E-state index in [1.165, 1.54) is 31.7 Å². The highest BCUT2D eigenvalue weighted by Crippen LogP contribution is 2.32. The molecule has 9 heteroatoms. The van der Waals surface area contributed by atoms with Gasteiger partial charge in [0.2, 0.25) is 10.0 Å². The van der Waals surface area contributed by atoms with Crippen molar-refractivity contribution < 1.29 is 22.4 Å². The summed E-state index contributed by atoms with van der Waals surface area (Å²) in [6.45, 7) is 11.3. The average Bonchev–Trinajstić information content (AvgIpc) is 3.36. The van der Waals surface area contributed by atoms with Crippen molar-refractivity contribution in [2.45, 2.75) is 77.0 Å². The van der Waals surface area contributed by atoms with Crippen molar-refractivity contribution in [3.05, 3.63) is 59.4 Å². The largest absolute Gasteiger partial charge is 0.494 e. The number of ether oxygens (including phenoxy) is 1. The van der Waals surface area contributed by atoms with Gasteiger partial charge in [0.15, 0.2) is 5.78 Å². The summed E-state index contributed by atoms with van der Waals surface area (Å²) in [5.74, 6) is 1.13. The van der Waals surface area contributed by atoms with Crippen molar-refractivity contribution in [2.75, 3.05) is 53.4 Å². The van der Waals surface area contributed by atoms with Crippen LogP contribution >= 0.6 is 0 Å². The van der Waals surface area contributed by atoms with Crippen molar-refractivity contribution in [3.63, 3.8) is 0 Å². The molecule has 1 N–H and O–H groups in total. The first-order chi connectivity index (χ1) is 20.7. The number of aryl methyl sites for hydroxylation is 1. The van der Waals surface area contributed by atoms with Crippen LogP contribution in [-0.2, 0) is 16.4 Å². The fraction of sp³-hybridized carbons (Fsp3) is 0.559. The maximum atomic E-state index is 13.9. The lowest BCUT2D eigenvalue weighted by atomic mass is 9.98. The lowest BCUT2D eigenvalue weighted by Crippen LogP contribution is -2.31. The molecule has 1 aromatic heterocycles. The van der Waals surface area contributed by atoms with Gasteiger partial charge in [-0.3, -0.25) is 4.79 Å². The Kier molecular flexibility index (Phi) is 14.2. The Balaban J connectivity index is 1.75. The maximum Gasteiger partial charge on any atom is 0.240 e. The lowest BCUT2D eigenvalue weighted by Gasteiger charge is -2.21. The summed E-state index contributed by atoms with van der Waals surface area (Å²) >= 11 is 0.